The largest absolute Gasteiger partial charge is 0.338 e. The van der Waals surface area contributed by atoms with E-state index in [9.17, 15) is 12.8 Å². The highest BCUT2D eigenvalue weighted by Crippen LogP contribution is 2.41. The maximum atomic E-state index is 13.3. The van der Waals surface area contributed by atoms with E-state index < -0.39 is 21.9 Å². The van der Waals surface area contributed by atoms with Gasteiger partial charge in [0.1, 0.15) is 11.9 Å². The molecule has 1 unspecified atom stereocenters. The average Bonchev–Trinajstić information content (AvgIpc) is 3.09. The van der Waals surface area contributed by atoms with Gasteiger partial charge >= 0.3 is 0 Å². The minimum Gasteiger partial charge on any atom is -0.338 e. The fraction of sp³-hybridized carbons (Fsp3) is 0.467. The van der Waals surface area contributed by atoms with Gasteiger partial charge in [0.2, 0.25) is 15.9 Å². The summed E-state index contributed by atoms with van der Waals surface area (Å²) < 4.78 is 45.7. The molecule has 0 bridgehead atoms. The minimum atomic E-state index is -3.82. The van der Waals surface area contributed by atoms with Crippen molar-refractivity contribution in [2.45, 2.75) is 42.5 Å². The van der Waals surface area contributed by atoms with Crippen LogP contribution in [0.15, 0.2) is 27.6 Å². The first-order chi connectivity index (χ1) is 11.5. The van der Waals surface area contributed by atoms with E-state index in [-0.39, 0.29) is 9.92 Å². The number of benzene rings is 1. The highest BCUT2D eigenvalue weighted by atomic mass is 35.5. The maximum absolute atomic E-state index is 13.3. The van der Waals surface area contributed by atoms with Crippen molar-refractivity contribution >= 4 is 21.6 Å². The molecular weight excluding hydrogens is 357 g/mol. The lowest BCUT2D eigenvalue weighted by Gasteiger charge is -2.21. The molecule has 1 saturated heterocycles. The summed E-state index contributed by atoms with van der Waals surface area (Å²) in [6, 6.07) is 2.91. The van der Waals surface area contributed by atoms with E-state index in [1.807, 2.05) is 0 Å². The third-order valence-electron chi connectivity index (χ3n) is 4.39. The fourth-order valence-electron chi connectivity index (χ4n) is 2.94. The van der Waals surface area contributed by atoms with Crippen LogP contribution in [0.25, 0.3) is 0 Å². The van der Waals surface area contributed by atoms with Gasteiger partial charge in [-0.2, -0.15) is 9.29 Å². The second-order valence-corrected chi connectivity index (χ2v) is 8.41. The summed E-state index contributed by atoms with van der Waals surface area (Å²) >= 11 is 5.73. The van der Waals surface area contributed by atoms with Crippen molar-refractivity contribution in [3.05, 3.63) is 40.8 Å². The van der Waals surface area contributed by atoms with Gasteiger partial charge in [0.15, 0.2) is 5.82 Å². The number of hydrogen-bond donors (Lipinski definition) is 0. The van der Waals surface area contributed by atoms with Crippen molar-refractivity contribution in [3.8, 4) is 0 Å². The molecule has 2 fully saturated rings. The Balaban J connectivity index is 1.66. The molecule has 9 heteroatoms. The molecule has 1 aliphatic carbocycles. The smallest absolute Gasteiger partial charge is 0.245 e. The van der Waals surface area contributed by atoms with Gasteiger partial charge in [-0.3, -0.25) is 0 Å². The van der Waals surface area contributed by atoms with Gasteiger partial charge < -0.3 is 4.52 Å². The number of nitrogens with zero attached hydrogens (tertiary/aromatic N) is 3. The van der Waals surface area contributed by atoms with Gasteiger partial charge in [-0.25, -0.2) is 12.8 Å². The second kappa shape index (κ2) is 5.79. The summed E-state index contributed by atoms with van der Waals surface area (Å²) in [7, 11) is -3.82. The predicted octanol–water partition coefficient (Wildman–Crippen LogP) is 3.27. The topological polar surface area (TPSA) is 76.3 Å². The molecular formula is C15H15ClFN3O3S. The molecule has 128 valence electrons. The monoisotopic (exact) mass is 371 g/mol. The SMILES string of the molecule is O=S(=O)(c1ccc(F)c(Cl)c1)N1CCCC1c1nc(C2CC2)no1. The van der Waals surface area contributed by atoms with Crippen LogP contribution < -0.4 is 0 Å². The van der Waals surface area contributed by atoms with Gasteiger partial charge in [-0.15, -0.1) is 0 Å². The Kier molecular flexibility index (Phi) is 3.85. The van der Waals surface area contributed by atoms with Crippen LogP contribution in [0.2, 0.25) is 5.02 Å². The molecule has 2 heterocycles. The normalized spacial score (nSPS) is 22.2. The fourth-order valence-corrected chi connectivity index (χ4v) is 4.86. The third kappa shape index (κ3) is 2.72. The quantitative estimate of drug-likeness (QED) is 0.824. The van der Waals surface area contributed by atoms with Crippen LogP contribution in [0.4, 0.5) is 4.39 Å². The third-order valence-corrected chi connectivity index (χ3v) is 6.58. The van der Waals surface area contributed by atoms with Crippen LogP contribution in [-0.4, -0.2) is 29.4 Å². The molecule has 24 heavy (non-hydrogen) atoms. The summed E-state index contributed by atoms with van der Waals surface area (Å²) in [5.41, 5.74) is 0. The van der Waals surface area contributed by atoms with Crippen molar-refractivity contribution in [2.75, 3.05) is 6.54 Å². The van der Waals surface area contributed by atoms with E-state index in [0.717, 1.165) is 25.0 Å². The Labute approximate surface area is 143 Å². The van der Waals surface area contributed by atoms with Crippen LogP contribution in [0.5, 0.6) is 0 Å². The lowest BCUT2D eigenvalue weighted by Crippen LogP contribution is -2.31. The van der Waals surface area contributed by atoms with Gasteiger partial charge in [0, 0.05) is 12.5 Å². The summed E-state index contributed by atoms with van der Waals surface area (Å²) in [5.74, 6) is 0.662. The molecule has 0 N–H and O–H groups in total. The van der Waals surface area contributed by atoms with Crippen LogP contribution in [0, 0.1) is 5.82 Å². The van der Waals surface area contributed by atoms with Gasteiger partial charge in [0.25, 0.3) is 0 Å². The molecule has 1 aromatic heterocycles. The zero-order valence-corrected chi connectivity index (χ0v) is 14.2. The van der Waals surface area contributed by atoms with E-state index in [2.05, 4.69) is 10.1 Å². The second-order valence-electron chi connectivity index (χ2n) is 6.11. The number of halogens is 2. The molecule has 0 amide bonds. The van der Waals surface area contributed by atoms with Gasteiger partial charge in [0.05, 0.1) is 9.92 Å². The molecule has 0 radical (unpaired) electrons. The molecule has 1 atom stereocenters. The number of hydrogen-bond acceptors (Lipinski definition) is 5. The van der Waals surface area contributed by atoms with E-state index >= 15 is 0 Å². The van der Waals surface area contributed by atoms with Crippen LogP contribution in [0.3, 0.4) is 0 Å². The van der Waals surface area contributed by atoms with Gasteiger partial charge in [-0.05, 0) is 43.9 Å². The molecule has 1 aromatic carbocycles. The standard InChI is InChI=1S/C15H15ClFN3O3S/c16-11-8-10(5-6-12(11)17)24(21,22)20-7-1-2-13(20)15-18-14(19-23-15)9-3-4-9/h5-6,8-9,13H,1-4,7H2. The molecule has 2 aromatic rings. The summed E-state index contributed by atoms with van der Waals surface area (Å²) in [4.78, 5) is 4.33. The van der Waals surface area contributed by atoms with E-state index in [0.29, 0.717) is 37.0 Å². The predicted molar refractivity (Wildman–Crippen MR) is 83.5 cm³/mol. The first-order valence-corrected chi connectivity index (χ1v) is 9.59. The van der Waals surface area contributed by atoms with E-state index in [1.54, 1.807) is 0 Å². The van der Waals surface area contributed by atoms with Gasteiger partial charge in [-0.1, -0.05) is 16.8 Å². The molecule has 1 saturated carbocycles. The zero-order valence-electron chi connectivity index (χ0n) is 12.7. The first kappa shape index (κ1) is 16.0. The Morgan fingerprint density at radius 3 is 2.79 bits per heavy atom. The minimum absolute atomic E-state index is 0.0391. The number of aromatic nitrogens is 2. The zero-order chi connectivity index (χ0) is 16.9. The first-order valence-electron chi connectivity index (χ1n) is 7.77. The lowest BCUT2D eigenvalue weighted by molar-refractivity contribution is 0.289. The highest BCUT2D eigenvalue weighted by molar-refractivity contribution is 7.89. The maximum Gasteiger partial charge on any atom is 0.245 e. The Morgan fingerprint density at radius 2 is 2.08 bits per heavy atom. The summed E-state index contributed by atoms with van der Waals surface area (Å²) in [6.45, 7) is 0.350. The Morgan fingerprint density at radius 1 is 1.29 bits per heavy atom. The van der Waals surface area contributed by atoms with Crippen molar-refractivity contribution in [1.82, 2.24) is 14.4 Å². The van der Waals surface area contributed by atoms with Crippen molar-refractivity contribution in [1.29, 1.82) is 0 Å². The van der Waals surface area contributed by atoms with Crippen molar-refractivity contribution in [2.24, 2.45) is 0 Å². The Hall–Kier alpha value is -1.51. The number of rotatable bonds is 4. The van der Waals surface area contributed by atoms with Crippen molar-refractivity contribution < 1.29 is 17.3 Å². The molecule has 1 aliphatic heterocycles. The van der Waals surface area contributed by atoms with Crippen LogP contribution in [-0.2, 0) is 10.0 Å². The molecule has 4 rings (SSSR count). The highest BCUT2D eigenvalue weighted by Gasteiger charge is 2.40. The summed E-state index contributed by atoms with van der Waals surface area (Å²) in [6.07, 6.45) is 3.39. The van der Waals surface area contributed by atoms with Crippen LogP contribution in [0.1, 0.15) is 49.4 Å². The lowest BCUT2D eigenvalue weighted by atomic mass is 10.2. The van der Waals surface area contributed by atoms with Crippen LogP contribution >= 0.6 is 11.6 Å². The Bertz CT molecular complexity index is 882. The number of sulfonamides is 1. The molecule has 0 spiro atoms. The summed E-state index contributed by atoms with van der Waals surface area (Å²) in [5, 5.41) is 3.74. The average molecular weight is 372 g/mol. The molecule has 2 aliphatic rings. The molecule has 6 nitrogen and oxygen atoms in total. The van der Waals surface area contributed by atoms with Crippen molar-refractivity contribution in [3.63, 3.8) is 0 Å². The van der Waals surface area contributed by atoms with E-state index in [4.69, 9.17) is 16.1 Å². The van der Waals surface area contributed by atoms with E-state index in [1.165, 1.54) is 10.4 Å².